The molecular formula is C15H16ClN3O2. The highest BCUT2D eigenvalue weighted by molar-refractivity contribution is 6.32. The highest BCUT2D eigenvalue weighted by Crippen LogP contribution is 2.27. The molecule has 0 aliphatic carbocycles. The van der Waals surface area contributed by atoms with Crippen molar-refractivity contribution in [1.29, 1.82) is 0 Å². The molecule has 0 radical (unpaired) electrons. The summed E-state index contributed by atoms with van der Waals surface area (Å²) in [6.07, 6.45) is 2.41. The van der Waals surface area contributed by atoms with E-state index in [1.165, 1.54) is 0 Å². The number of methoxy groups -OCH3 is 1. The summed E-state index contributed by atoms with van der Waals surface area (Å²) in [5.41, 5.74) is 1.54. The average Bonchev–Trinajstić information content (AvgIpc) is 2.48. The number of aromatic nitrogens is 1. The number of ether oxygens (including phenoxy) is 1. The van der Waals surface area contributed by atoms with Gasteiger partial charge in [0.15, 0.2) is 0 Å². The number of halogens is 1. The van der Waals surface area contributed by atoms with Gasteiger partial charge in [-0.2, -0.15) is 0 Å². The van der Waals surface area contributed by atoms with Gasteiger partial charge in [-0.05, 0) is 30.3 Å². The van der Waals surface area contributed by atoms with Crippen LogP contribution in [-0.4, -0.2) is 24.7 Å². The van der Waals surface area contributed by atoms with Crippen molar-refractivity contribution in [2.75, 3.05) is 19.0 Å². The zero-order chi connectivity index (χ0) is 15.1. The number of anilines is 1. The zero-order valence-electron chi connectivity index (χ0n) is 11.6. The van der Waals surface area contributed by atoms with Crippen LogP contribution in [0.15, 0.2) is 42.6 Å². The van der Waals surface area contributed by atoms with E-state index in [1.807, 2.05) is 18.2 Å². The van der Waals surface area contributed by atoms with E-state index in [0.29, 0.717) is 29.4 Å². The molecular weight excluding hydrogens is 290 g/mol. The van der Waals surface area contributed by atoms with Crippen LogP contribution in [0.5, 0.6) is 5.75 Å². The van der Waals surface area contributed by atoms with Gasteiger partial charge in [-0.3, -0.25) is 4.98 Å². The molecule has 0 saturated heterocycles. The summed E-state index contributed by atoms with van der Waals surface area (Å²) in [5.74, 6) is 0.567. The van der Waals surface area contributed by atoms with Crippen molar-refractivity contribution >= 4 is 23.3 Å². The summed E-state index contributed by atoms with van der Waals surface area (Å²) >= 11 is 5.99. The molecule has 5 nitrogen and oxygen atoms in total. The molecule has 0 aliphatic heterocycles. The maximum Gasteiger partial charge on any atom is 0.319 e. The third-order valence-electron chi connectivity index (χ3n) is 2.80. The van der Waals surface area contributed by atoms with Crippen LogP contribution in [0.3, 0.4) is 0 Å². The van der Waals surface area contributed by atoms with Crippen LogP contribution in [0, 0.1) is 0 Å². The third kappa shape index (κ3) is 4.65. The van der Waals surface area contributed by atoms with Gasteiger partial charge in [0, 0.05) is 30.5 Å². The van der Waals surface area contributed by atoms with E-state index in [2.05, 4.69) is 15.6 Å². The molecule has 110 valence electrons. The Morgan fingerprint density at radius 2 is 2.19 bits per heavy atom. The number of hydrogen-bond donors (Lipinski definition) is 2. The van der Waals surface area contributed by atoms with Crippen LogP contribution in [-0.2, 0) is 6.42 Å². The van der Waals surface area contributed by atoms with Crippen LogP contribution in [0.2, 0.25) is 5.02 Å². The van der Waals surface area contributed by atoms with Gasteiger partial charge >= 0.3 is 6.03 Å². The van der Waals surface area contributed by atoms with E-state index in [-0.39, 0.29) is 6.03 Å². The number of nitrogens with one attached hydrogen (secondary N) is 2. The number of amides is 2. The first-order valence-electron chi connectivity index (χ1n) is 6.47. The third-order valence-corrected chi connectivity index (χ3v) is 3.10. The fraction of sp³-hybridized carbons (Fsp3) is 0.200. The van der Waals surface area contributed by atoms with E-state index < -0.39 is 0 Å². The van der Waals surface area contributed by atoms with Gasteiger partial charge in [0.1, 0.15) is 5.75 Å². The smallest absolute Gasteiger partial charge is 0.319 e. The first-order valence-corrected chi connectivity index (χ1v) is 6.85. The maximum atomic E-state index is 11.8. The molecule has 2 rings (SSSR count). The van der Waals surface area contributed by atoms with Crippen LogP contribution in [0.4, 0.5) is 10.5 Å². The van der Waals surface area contributed by atoms with Gasteiger partial charge in [0.05, 0.1) is 12.1 Å². The normalized spacial score (nSPS) is 10.0. The summed E-state index contributed by atoms with van der Waals surface area (Å²) < 4.78 is 5.05. The molecule has 0 spiro atoms. The van der Waals surface area contributed by atoms with E-state index >= 15 is 0 Å². The van der Waals surface area contributed by atoms with Gasteiger partial charge in [-0.25, -0.2) is 4.79 Å². The Labute approximate surface area is 128 Å². The second kappa shape index (κ2) is 7.50. The minimum Gasteiger partial charge on any atom is -0.495 e. The average molecular weight is 306 g/mol. The van der Waals surface area contributed by atoms with Gasteiger partial charge < -0.3 is 15.4 Å². The molecule has 0 bridgehead atoms. The molecule has 21 heavy (non-hydrogen) atoms. The Bertz CT molecular complexity index is 605. The summed E-state index contributed by atoms with van der Waals surface area (Å²) in [5, 5.41) is 5.92. The number of nitrogens with zero attached hydrogens (tertiary/aromatic N) is 1. The number of carbonyl (C=O) groups excluding carboxylic acids is 1. The van der Waals surface area contributed by atoms with E-state index in [4.69, 9.17) is 16.3 Å². The lowest BCUT2D eigenvalue weighted by Gasteiger charge is -2.09. The quantitative estimate of drug-likeness (QED) is 0.892. The number of urea groups is 1. The molecule has 2 amide bonds. The summed E-state index contributed by atoms with van der Waals surface area (Å²) in [6, 6.07) is 10.5. The van der Waals surface area contributed by atoms with Crippen LogP contribution in [0.25, 0.3) is 0 Å². The monoisotopic (exact) mass is 305 g/mol. The second-order valence-electron chi connectivity index (χ2n) is 4.30. The lowest BCUT2D eigenvalue weighted by atomic mass is 10.3. The van der Waals surface area contributed by atoms with Gasteiger partial charge in [-0.15, -0.1) is 0 Å². The van der Waals surface area contributed by atoms with Crippen molar-refractivity contribution < 1.29 is 9.53 Å². The van der Waals surface area contributed by atoms with E-state index in [1.54, 1.807) is 31.5 Å². The minimum atomic E-state index is -0.285. The molecule has 0 unspecified atom stereocenters. The SMILES string of the molecule is COc1ccc(NC(=O)NCCc2ccccn2)cc1Cl. The Balaban J connectivity index is 1.80. The fourth-order valence-corrected chi connectivity index (χ4v) is 2.03. The van der Waals surface area contributed by atoms with Crippen molar-refractivity contribution in [2.24, 2.45) is 0 Å². The summed E-state index contributed by atoms with van der Waals surface area (Å²) in [4.78, 5) is 15.9. The summed E-state index contributed by atoms with van der Waals surface area (Å²) in [6.45, 7) is 0.507. The molecule has 2 aromatic rings. The Kier molecular flexibility index (Phi) is 5.40. The van der Waals surface area contributed by atoms with Gasteiger partial charge in [0.25, 0.3) is 0 Å². The topological polar surface area (TPSA) is 63.2 Å². The van der Waals surface area contributed by atoms with Crippen molar-refractivity contribution in [2.45, 2.75) is 6.42 Å². The number of carbonyl (C=O) groups is 1. The Morgan fingerprint density at radius 3 is 2.86 bits per heavy atom. The molecule has 0 saturated carbocycles. The highest BCUT2D eigenvalue weighted by atomic mass is 35.5. The lowest BCUT2D eigenvalue weighted by Crippen LogP contribution is -2.30. The van der Waals surface area contributed by atoms with Gasteiger partial charge in [-0.1, -0.05) is 17.7 Å². The lowest BCUT2D eigenvalue weighted by molar-refractivity contribution is 0.252. The van der Waals surface area contributed by atoms with Crippen molar-refractivity contribution in [3.05, 3.63) is 53.3 Å². The first kappa shape index (κ1) is 15.1. The second-order valence-corrected chi connectivity index (χ2v) is 4.71. The Morgan fingerprint density at radius 1 is 1.33 bits per heavy atom. The zero-order valence-corrected chi connectivity index (χ0v) is 12.4. The van der Waals surface area contributed by atoms with Crippen molar-refractivity contribution in [1.82, 2.24) is 10.3 Å². The standard InChI is InChI=1S/C15H16ClN3O2/c1-21-14-6-5-12(10-13(14)16)19-15(20)18-9-7-11-4-2-3-8-17-11/h2-6,8,10H,7,9H2,1H3,(H2,18,19,20). The van der Waals surface area contributed by atoms with Crippen LogP contribution < -0.4 is 15.4 Å². The number of hydrogen-bond acceptors (Lipinski definition) is 3. The predicted octanol–water partition coefficient (Wildman–Crippen LogP) is 3.11. The fourth-order valence-electron chi connectivity index (χ4n) is 1.77. The molecule has 0 fully saturated rings. The van der Waals surface area contributed by atoms with Gasteiger partial charge in [0.2, 0.25) is 0 Å². The largest absolute Gasteiger partial charge is 0.495 e. The van der Waals surface area contributed by atoms with E-state index in [9.17, 15) is 4.79 Å². The minimum absolute atomic E-state index is 0.285. The summed E-state index contributed by atoms with van der Waals surface area (Å²) in [7, 11) is 1.54. The molecule has 1 aromatic carbocycles. The highest BCUT2D eigenvalue weighted by Gasteiger charge is 2.05. The molecule has 0 atom stereocenters. The Hall–Kier alpha value is -2.27. The number of benzene rings is 1. The van der Waals surface area contributed by atoms with Crippen molar-refractivity contribution in [3.63, 3.8) is 0 Å². The molecule has 1 aromatic heterocycles. The molecule has 1 heterocycles. The molecule has 2 N–H and O–H groups in total. The van der Waals surface area contributed by atoms with Crippen molar-refractivity contribution in [3.8, 4) is 5.75 Å². The maximum absolute atomic E-state index is 11.8. The van der Waals surface area contributed by atoms with Crippen LogP contribution >= 0.6 is 11.6 Å². The molecule has 6 heteroatoms. The predicted molar refractivity (Wildman–Crippen MR) is 83.0 cm³/mol. The first-order chi connectivity index (χ1) is 10.2. The molecule has 0 aliphatic rings. The van der Waals surface area contributed by atoms with E-state index in [0.717, 1.165) is 5.69 Å². The number of rotatable bonds is 5. The van der Waals surface area contributed by atoms with Crippen LogP contribution in [0.1, 0.15) is 5.69 Å². The number of pyridine rings is 1.